The van der Waals surface area contributed by atoms with Crippen molar-refractivity contribution >= 4 is 6.85 Å². The molecule has 0 aliphatic carbocycles. The molecule has 0 aromatic carbocycles. The Morgan fingerprint density at radius 3 is 1.27 bits per heavy atom. The third-order valence-corrected chi connectivity index (χ3v) is 1.96. The van der Waals surface area contributed by atoms with Gasteiger partial charge < -0.3 is 5.23 Å². The lowest BCUT2D eigenvalue weighted by atomic mass is 9.44. The van der Waals surface area contributed by atoms with E-state index in [0.29, 0.717) is 12.9 Å². The molecule has 0 aromatic rings. The van der Waals surface area contributed by atoms with Crippen LogP contribution < -0.4 is 5.23 Å². The third-order valence-electron chi connectivity index (χ3n) is 1.96. The lowest BCUT2D eigenvalue weighted by Crippen LogP contribution is -2.43. The first-order valence-corrected chi connectivity index (χ1v) is 4.71. The van der Waals surface area contributed by atoms with E-state index < -0.39 is 0 Å². The molecule has 0 radical (unpaired) electrons. The van der Waals surface area contributed by atoms with Gasteiger partial charge in [-0.2, -0.15) is 0 Å². The van der Waals surface area contributed by atoms with Gasteiger partial charge in [-0.1, -0.05) is 53.2 Å². The topological polar surface area (TPSA) is 12.0 Å². The molecule has 0 fully saturated rings. The van der Waals surface area contributed by atoms with Crippen LogP contribution >= 0.6 is 0 Å². The minimum absolute atomic E-state index is 0.602. The molecule has 1 N–H and O–H groups in total. The minimum atomic E-state index is 0.602. The first kappa shape index (κ1) is 11.0. The fraction of sp³-hybridized carbons (Fsp3) is 1.00. The first-order chi connectivity index (χ1) is 4.95. The van der Waals surface area contributed by atoms with Gasteiger partial charge in [-0.25, -0.2) is 0 Å². The molecule has 0 aliphatic heterocycles. The van der Waals surface area contributed by atoms with Crippen LogP contribution in [-0.4, -0.2) is 12.9 Å². The van der Waals surface area contributed by atoms with Crippen LogP contribution in [0.3, 0.4) is 0 Å². The van der Waals surface area contributed by atoms with Crippen LogP contribution in [0.15, 0.2) is 0 Å². The molecule has 1 nitrogen and oxygen atoms in total. The molecule has 0 aliphatic rings. The Morgan fingerprint density at radius 1 is 0.818 bits per heavy atom. The number of rotatable bonds is 4. The van der Waals surface area contributed by atoms with Crippen LogP contribution in [0.4, 0.5) is 0 Å². The van der Waals surface area contributed by atoms with Crippen molar-refractivity contribution < 1.29 is 0 Å². The fourth-order valence-corrected chi connectivity index (χ4v) is 1.54. The van der Waals surface area contributed by atoms with Gasteiger partial charge in [-0.15, -0.1) is 0 Å². The van der Waals surface area contributed by atoms with E-state index in [1.165, 1.54) is 0 Å². The average molecular weight is 155 g/mol. The molecule has 0 saturated heterocycles. The molecule has 0 saturated carbocycles. The Morgan fingerprint density at radius 2 is 1.18 bits per heavy atom. The zero-order valence-corrected chi connectivity index (χ0v) is 8.81. The summed E-state index contributed by atoms with van der Waals surface area (Å²) in [4.78, 5) is 0. The first-order valence-electron chi connectivity index (χ1n) is 4.71. The predicted molar refractivity (Wildman–Crippen MR) is 54.2 cm³/mol. The molecule has 0 bridgehead atoms. The SMILES string of the molecule is CC(C)NB(C(C)C)C(C)C. The summed E-state index contributed by atoms with van der Waals surface area (Å²) in [6.07, 6.45) is 0. The summed E-state index contributed by atoms with van der Waals surface area (Å²) in [5.41, 5.74) is 0. The van der Waals surface area contributed by atoms with Gasteiger partial charge in [0.05, 0.1) is 0 Å². The Labute approximate surface area is 72.1 Å². The van der Waals surface area contributed by atoms with Crippen LogP contribution in [0.2, 0.25) is 11.6 Å². The van der Waals surface area contributed by atoms with Gasteiger partial charge in [0.25, 0.3) is 0 Å². The zero-order chi connectivity index (χ0) is 9.02. The van der Waals surface area contributed by atoms with E-state index in [1.807, 2.05) is 0 Å². The normalized spacial score (nSPS) is 11.7. The van der Waals surface area contributed by atoms with Gasteiger partial charge in [0.15, 0.2) is 0 Å². The van der Waals surface area contributed by atoms with Crippen molar-refractivity contribution in [3.05, 3.63) is 0 Å². The van der Waals surface area contributed by atoms with Crippen molar-refractivity contribution in [3.8, 4) is 0 Å². The van der Waals surface area contributed by atoms with Crippen molar-refractivity contribution in [2.75, 3.05) is 0 Å². The Kier molecular flexibility index (Phi) is 4.82. The lowest BCUT2D eigenvalue weighted by molar-refractivity contribution is 0.709. The van der Waals surface area contributed by atoms with Crippen molar-refractivity contribution in [2.24, 2.45) is 0 Å². The Hall–Kier alpha value is 0.0249. The summed E-state index contributed by atoms with van der Waals surface area (Å²) in [7, 11) is 0. The predicted octanol–water partition coefficient (Wildman–Crippen LogP) is 2.80. The van der Waals surface area contributed by atoms with Crippen LogP contribution in [0.25, 0.3) is 0 Å². The second kappa shape index (κ2) is 4.81. The second-order valence-corrected chi connectivity index (χ2v) is 4.34. The molecule has 0 unspecified atom stereocenters. The summed E-state index contributed by atoms with van der Waals surface area (Å²) in [5, 5.41) is 3.58. The molecular weight excluding hydrogens is 133 g/mol. The van der Waals surface area contributed by atoms with E-state index >= 15 is 0 Å². The van der Waals surface area contributed by atoms with E-state index in [1.54, 1.807) is 0 Å². The van der Waals surface area contributed by atoms with Crippen LogP contribution in [-0.2, 0) is 0 Å². The molecule has 0 rings (SSSR count). The monoisotopic (exact) mass is 155 g/mol. The van der Waals surface area contributed by atoms with Crippen LogP contribution in [0, 0.1) is 0 Å². The van der Waals surface area contributed by atoms with Gasteiger partial charge in [-0.05, 0) is 6.04 Å². The van der Waals surface area contributed by atoms with E-state index in [4.69, 9.17) is 0 Å². The van der Waals surface area contributed by atoms with Crippen molar-refractivity contribution in [1.82, 2.24) is 5.23 Å². The Balaban J connectivity index is 3.90. The van der Waals surface area contributed by atoms with Gasteiger partial charge >= 0.3 is 0 Å². The lowest BCUT2D eigenvalue weighted by Gasteiger charge is -2.24. The van der Waals surface area contributed by atoms with Crippen LogP contribution in [0.1, 0.15) is 41.5 Å². The molecule has 0 atom stereocenters. The van der Waals surface area contributed by atoms with E-state index in [0.717, 1.165) is 11.6 Å². The highest BCUT2D eigenvalue weighted by Gasteiger charge is 2.22. The highest BCUT2D eigenvalue weighted by Crippen LogP contribution is 2.17. The maximum atomic E-state index is 3.58. The maximum absolute atomic E-state index is 3.58. The maximum Gasteiger partial charge on any atom is 0.225 e. The molecule has 0 heterocycles. The third kappa shape index (κ3) is 4.46. The molecule has 11 heavy (non-hydrogen) atoms. The van der Waals surface area contributed by atoms with E-state index in [9.17, 15) is 0 Å². The number of hydrogen-bond acceptors (Lipinski definition) is 1. The number of nitrogens with one attached hydrogen (secondary N) is 1. The van der Waals surface area contributed by atoms with Crippen molar-refractivity contribution in [3.63, 3.8) is 0 Å². The summed E-state index contributed by atoms with van der Waals surface area (Å²) < 4.78 is 0. The van der Waals surface area contributed by atoms with Crippen LogP contribution in [0.5, 0.6) is 0 Å². The van der Waals surface area contributed by atoms with Gasteiger partial charge in [-0.3, -0.25) is 0 Å². The molecule has 66 valence electrons. The molecule has 0 amide bonds. The molecule has 0 aromatic heterocycles. The largest absolute Gasteiger partial charge is 0.353 e. The van der Waals surface area contributed by atoms with Gasteiger partial charge in [0, 0.05) is 0 Å². The van der Waals surface area contributed by atoms with E-state index in [2.05, 4.69) is 46.8 Å². The Bertz CT molecular complexity index is 91.7. The van der Waals surface area contributed by atoms with E-state index in [-0.39, 0.29) is 0 Å². The standard InChI is InChI=1S/C9H22BN/c1-7(2)10(8(3)4)11-9(5)6/h7-9,11H,1-6H3. The average Bonchev–Trinajstić information content (AvgIpc) is 1.81. The number of hydrogen-bond donors (Lipinski definition) is 1. The molecular formula is C9H22BN. The summed E-state index contributed by atoms with van der Waals surface area (Å²) in [6.45, 7) is 14.2. The summed E-state index contributed by atoms with van der Waals surface area (Å²) in [5.74, 6) is 1.47. The summed E-state index contributed by atoms with van der Waals surface area (Å²) in [6, 6.07) is 0.602. The fourth-order valence-electron chi connectivity index (χ4n) is 1.54. The summed E-state index contributed by atoms with van der Waals surface area (Å²) >= 11 is 0. The quantitative estimate of drug-likeness (QED) is 0.615. The highest BCUT2D eigenvalue weighted by molar-refractivity contribution is 6.59. The highest BCUT2D eigenvalue weighted by atomic mass is 14.8. The van der Waals surface area contributed by atoms with Crippen molar-refractivity contribution in [2.45, 2.75) is 59.2 Å². The van der Waals surface area contributed by atoms with Crippen molar-refractivity contribution in [1.29, 1.82) is 0 Å². The van der Waals surface area contributed by atoms with Gasteiger partial charge in [0.1, 0.15) is 0 Å². The minimum Gasteiger partial charge on any atom is -0.353 e. The van der Waals surface area contributed by atoms with Gasteiger partial charge in [0.2, 0.25) is 6.85 Å². The zero-order valence-electron chi connectivity index (χ0n) is 8.81. The molecule has 2 heteroatoms. The molecule has 0 spiro atoms. The second-order valence-electron chi connectivity index (χ2n) is 4.34. The smallest absolute Gasteiger partial charge is 0.225 e.